The fourth-order valence-electron chi connectivity index (χ4n) is 1.42. The first kappa shape index (κ1) is 15.7. The minimum Gasteiger partial charge on any atom is -0.383 e. The number of nitrogens with zero attached hydrogens (tertiary/aromatic N) is 2. The monoisotopic (exact) mass is 272 g/mol. The molecule has 0 heterocycles. The van der Waals surface area contributed by atoms with Crippen LogP contribution >= 0.6 is 0 Å². The van der Waals surface area contributed by atoms with E-state index in [-0.39, 0.29) is 11.6 Å². The van der Waals surface area contributed by atoms with Crippen LogP contribution in [0.25, 0.3) is 0 Å². The molecular weight excluding hydrogens is 252 g/mol. The zero-order chi connectivity index (χ0) is 15.1. The van der Waals surface area contributed by atoms with E-state index >= 15 is 0 Å². The second-order valence-corrected chi connectivity index (χ2v) is 4.86. The van der Waals surface area contributed by atoms with Crippen molar-refractivity contribution in [2.75, 3.05) is 28.2 Å². The Labute approximate surface area is 120 Å². The lowest BCUT2D eigenvalue weighted by atomic mass is 10.1. The molecule has 1 aromatic rings. The van der Waals surface area contributed by atoms with Crippen molar-refractivity contribution in [1.29, 1.82) is 0 Å². The summed E-state index contributed by atoms with van der Waals surface area (Å²) in [5.74, 6) is -0.164. The molecule has 0 aliphatic heterocycles. The molecule has 4 nitrogen and oxygen atoms in total. The van der Waals surface area contributed by atoms with Gasteiger partial charge in [-0.2, -0.15) is 0 Å². The highest BCUT2D eigenvalue weighted by atomic mass is 16.1. The van der Waals surface area contributed by atoms with Gasteiger partial charge >= 0.3 is 0 Å². The van der Waals surface area contributed by atoms with Gasteiger partial charge in [0.1, 0.15) is 0 Å². The van der Waals surface area contributed by atoms with E-state index in [1.165, 1.54) is 12.2 Å². The van der Waals surface area contributed by atoms with Gasteiger partial charge in [0.2, 0.25) is 0 Å². The maximum Gasteiger partial charge on any atom is 0.187 e. The van der Waals surface area contributed by atoms with Crippen molar-refractivity contribution in [3.05, 3.63) is 59.9 Å². The van der Waals surface area contributed by atoms with Crippen molar-refractivity contribution in [3.63, 3.8) is 0 Å². The first-order chi connectivity index (χ1) is 9.40. The van der Waals surface area contributed by atoms with Gasteiger partial charge in [0.15, 0.2) is 11.6 Å². The van der Waals surface area contributed by atoms with Crippen LogP contribution in [0, 0.1) is 0 Å². The first-order valence-electron chi connectivity index (χ1n) is 6.28. The van der Waals surface area contributed by atoms with Crippen molar-refractivity contribution in [3.8, 4) is 0 Å². The topological polar surface area (TPSA) is 40.6 Å². The molecule has 0 bridgehead atoms. The predicted molar refractivity (Wildman–Crippen MR) is 80.8 cm³/mol. The van der Waals surface area contributed by atoms with Crippen molar-refractivity contribution in [2.45, 2.75) is 0 Å². The van der Waals surface area contributed by atoms with E-state index in [9.17, 15) is 9.59 Å². The van der Waals surface area contributed by atoms with Crippen molar-refractivity contribution in [2.24, 2.45) is 0 Å². The number of carbonyl (C=O) groups excluding carboxylic acids is 2. The molecule has 0 amide bonds. The molecule has 0 saturated carbocycles. The van der Waals surface area contributed by atoms with Crippen molar-refractivity contribution >= 4 is 11.6 Å². The molecule has 1 aromatic carbocycles. The van der Waals surface area contributed by atoms with E-state index in [1.807, 2.05) is 28.2 Å². The minimum absolute atomic E-state index is 0.0819. The molecule has 0 radical (unpaired) electrons. The quantitative estimate of drug-likeness (QED) is 0.588. The molecule has 1 rings (SSSR count). The number of ketones is 2. The summed E-state index contributed by atoms with van der Waals surface area (Å²) < 4.78 is 0. The highest BCUT2D eigenvalue weighted by Gasteiger charge is 2.05. The number of allylic oxidation sites excluding steroid dienone is 2. The summed E-state index contributed by atoms with van der Waals surface area (Å²) in [6, 6.07) is 6.66. The number of rotatable bonds is 6. The first-order valence-corrected chi connectivity index (χ1v) is 6.28. The summed E-state index contributed by atoms with van der Waals surface area (Å²) in [5, 5.41) is 0. The normalized spacial score (nSPS) is 11.0. The lowest BCUT2D eigenvalue weighted by Crippen LogP contribution is -2.04. The van der Waals surface area contributed by atoms with Crippen LogP contribution in [0.2, 0.25) is 0 Å². The molecule has 0 aromatic heterocycles. The average Bonchev–Trinajstić information content (AvgIpc) is 2.42. The maximum absolute atomic E-state index is 11.8. The smallest absolute Gasteiger partial charge is 0.187 e. The third-order valence-corrected chi connectivity index (χ3v) is 2.50. The molecule has 0 aliphatic carbocycles. The lowest BCUT2D eigenvalue weighted by Gasteiger charge is -2.04. The van der Waals surface area contributed by atoms with Crippen LogP contribution in [0.5, 0.6) is 0 Å². The number of carbonyl (C=O) groups is 2. The molecule has 0 saturated heterocycles. The van der Waals surface area contributed by atoms with Crippen molar-refractivity contribution in [1.82, 2.24) is 9.80 Å². The van der Waals surface area contributed by atoms with E-state index < -0.39 is 0 Å². The van der Waals surface area contributed by atoms with Gasteiger partial charge < -0.3 is 9.80 Å². The number of hydrogen-bond acceptors (Lipinski definition) is 4. The summed E-state index contributed by atoms with van der Waals surface area (Å²) in [5.41, 5.74) is 1.13. The van der Waals surface area contributed by atoms with Crippen LogP contribution < -0.4 is 0 Å². The lowest BCUT2D eigenvalue weighted by molar-refractivity contribution is 0.103. The third-order valence-electron chi connectivity index (χ3n) is 2.50. The third kappa shape index (κ3) is 5.10. The minimum atomic E-state index is -0.0819. The molecule has 0 unspecified atom stereocenters. The van der Waals surface area contributed by atoms with Crippen LogP contribution in [0.1, 0.15) is 20.7 Å². The molecule has 0 atom stereocenters. The summed E-state index contributed by atoms with van der Waals surface area (Å²) in [6.45, 7) is 0. The van der Waals surface area contributed by atoms with Crippen LogP contribution in [-0.2, 0) is 0 Å². The van der Waals surface area contributed by atoms with Gasteiger partial charge in [0, 0.05) is 63.9 Å². The highest BCUT2D eigenvalue weighted by molar-refractivity contribution is 6.07. The Balaban J connectivity index is 2.79. The summed E-state index contributed by atoms with van der Waals surface area (Å²) >= 11 is 0. The van der Waals surface area contributed by atoms with Gasteiger partial charge in [-0.1, -0.05) is 24.3 Å². The predicted octanol–water partition coefficient (Wildman–Crippen LogP) is 2.20. The van der Waals surface area contributed by atoms with Gasteiger partial charge in [0.05, 0.1) is 0 Å². The molecule has 0 fully saturated rings. The van der Waals surface area contributed by atoms with E-state index in [1.54, 1.807) is 46.5 Å². The molecule has 0 aliphatic rings. The fourth-order valence-corrected chi connectivity index (χ4v) is 1.42. The summed E-state index contributed by atoms with van der Waals surface area (Å²) in [7, 11) is 7.40. The maximum atomic E-state index is 11.8. The van der Waals surface area contributed by atoms with Crippen LogP contribution in [-0.4, -0.2) is 49.6 Å². The van der Waals surface area contributed by atoms with Crippen LogP contribution in [0.3, 0.4) is 0 Å². The standard InChI is InChI=1S/C16H20N2O2/c1-17(2)11-9-15(19)13-5-7-14(8-6-13)16(20)10-12-18(3)4/h5-12H,1-4H3. The largest absolute Gasteiger partial charge is 0.383 e. The van der Waals surface area contributed by atoms with Gasteiger partial charge in [0.25, 0.3) is 0 Å². The Hall–Kier alpha value is -2.36. The molecule has 20 heavy (non-hydrogen) atoms. The van der Waals surface area contributed by atoms with Gasteiger partial charge in [-0.3, -0.25) is 9.59 Å². The van der Waals surface area contributed by atoms with Gasteiger partial charge in [-0.15, -0.1) is 0 Å². The average molecular weight is 272 g/mol. The van der Waals surface area contributed by atoms with E-state index in [0.717, 1.165) is 0 Å². The Bertz CT molecular complexity index is 477. The number of benzene rings is 1. The Morgan fingerprint density at radius 1 is 0.750 bits per heavy atom. The Morgan fingerprint density at radius 2 is 1.05 bits per heavy atom. The van der Waals surface area contributed by atoms with Crippen LogP contribution in [0.15, 0.2) is 48.8 Å². The summed E-state index contributed by atoms with van der Waals surface area (Å²) in [6.07, 6.45) is 6.40. The Morgan fingerprint density at radius 3 is 1.30 bits per heavy atom. The molecule has 4 heteroatoms. The Kier molecular flexibility index (Phi) is 5.72. The fraction of sp³-hybridized carbons (Fsp3) is 0.250. The molecular formula is C16H20N2O2. The number of hydrogen-bond donors (Lipinski definition) is 0. The molecule has 106 valence electrons. The molecule has 0 N–H and O–H groups in total. The summed E-state index contributed by atoms with van der Waals surface area (Å²) in [4.78, 5) is 27.2. The van der Waals surface area contributed by atoms with E-state index in [2.05, 4.69) is 0 Å². The highest BCUT2D eigenvalue weighted by Crippen LogP contribution is 2.07. The zero-order valence-corrected chi connectivity index (χ0v) is 12.3. The second kappa shape index (κ2) is 7.28. The van der Waals surface area contributed by atoms with Crippen LogP contribution in [0.4, 0.5) is 0 Å². The second-order valence-electron chi connectivity index (χ2n) is 4.86. The van der Waals surface area contributed by atoms with Crippen molar-refractivity contribution < 1.29 is 9.59 Å². The van der Waals surface area contributed by atoms with Gasteiger partial charge in [-0.25, -0.2) is 0 Å². The van der Waals surface area contributed by atoms with Gasteiger partial charge in [-0.05, 0) is 0 Å². The molecule has 0 spiro atoms. The van der Waals surface area contributed by atoms with E-state index in [4.69, 9.17) is 0 Å². The SMILES string of the molecule is CN(C)C=CC(=O)c1ccc(C(=O)C=CN(C)C)cc1. The zero-order valence-electron chi connectivity index (χ0n) is 12.3. The van der Waals surface area contributed by atoms with E-state index in [0.29, 0.717) is 11.1 Å².